The Bertz CT molecular complexity index is 525. The average molecular weight is 305 g/mol. The van der Waals surface area contributed by atoms with Gasteiger partial charge in [-0.1, -0.05) is 34.1 Å². The van der Waals surface area contributed by atoms with Crippen LogP contribution in [0.5, 0.6) is 0 Å². The highest BCUT2D eigenvalue weighted by Gasteiger charge is 2.11. The van der Waals surface area contributed by atoms with E-state index < -0.39 is 0 Å². The van der Waals surface area contributed by atoms with Gasteiger partial charge in [0.1, 0.15) is 5.69 Å². The van der Waals surface area contributed by atoms with E-state index in [0.717, 1.165) is 10.0 Å². The van der Waals surface area contributed by atoms with Crippen LogP contribution < -0.4 is 5.32 Å². The molecule has 0 saturated heterocycles. The number of nitrogens with one attached hydrogen (secondary N) is 1. The van der Waals surface area contributed by atoms with Crippen LogP contribution in [0.15, 0.2) is 53.1 Å². The largest absolute Gasteiger partial charge is 0.344 e. The molecule has 1 N–H and O–H groups in total. The van der Waals surface area contributed by atoms with Crippen molar-refractivity contribution in [3.63, 3.8) is 0 Å². The van der Waals surface area contributed by atoms with Crippen LogP contribution in [0.4, 0.5) is 0 Å². The molecule has 0 radical (unpaired) electrons. The number of hydrogen-bond acceptors (Lipinski definition) is 2. The van der Waals surface area contributed by atoms with Gasteiger partial charge in [0.2, 0.25) is 0 Å². The summed E-state index contributed by atoms with van der Waals surface area (Å²) in [4.78, 5) is 15.9. The Labute approximate surface area is 114 Å². The number of benzene rings is 1. The van der Waals surface area contributed by atoms with Crippen LogP contribution in [0, 0.1) is 0 Å². The molecule has 0 spiro atoms. The molecule has 1 atom stereocenters. The fraction of sp³-hybridized carbons (Fsp3) is 0.143. The molecule has 1 amide bonds. The zero-order valence-electron chi connectivity index (χ0n) is 9.93. The van der Waals surface area contributed by atoms with Gasteiger partial charge in [-0.25, -0.2) is 0 Å². The number of carbonyl (C=O) groups is 1. The van der Waals surface area contributed by atoms with Crippen molar-refractivity contribution in [3.05, 3.63) is 64.4 Å². The Morgan fingerprint density at radius 3 is 2.56 bits per heavy atom. The number of pyridine rings is 1. The minimum atomic E-state index is -0.161. The van der Waals surface area contributed by atoms with Gasteiger partial charge in [0.05, 0.1) is 6.04 Å². The third kappa shape index (κ3) is 3.17. The van der Waals surface area contributed by atoms with Crippen LogP contribution in [0.3, 0.4) is 0 Å². The number of aromatic nitrogens is 1. The first-order valence-electron chi connectivity index (χ1n) is 5.64. The topological polar surface area (TPSA) is 42.0 Å². The summed E-state index contributed by atoms with van der Waals surface area (Å²) in [5.41, 5.74) is 1.49. The number of halogens is 1. The monoisotopic (exact) mass is 304 g/mol. The molecule has 2 rings (SSSR count). The quantitative estimate of drug-likeness (QED) is 0.945. The van der Waals surface area contributed by atoms with Crippen molar-refractivity contribution in [3.8, 4) is 0 Å². The molecule has 0 aliphatic rings. The van der Waals surface area contributed by atoms with Crippen LogP contribution in [0.25, 0.3) is 0 Å². The van der Waals surface area contributed by atoms with E-state index in [2.05, 4.69) is 26.2 Å². The Morgan fingerprint density at radius 1 is 1.22 bits per heavy atom. The first-order chi connectivity index (χ1) is 8.66. The highest BCUT2D eigenvalue weighted by atomic mass is 79.9. The van der Waals surface area contributed by atoms with E-state index in [9.17, 15) is 4.79 Å². The van der Waals surface area contributed by atoms with Crippen molar-refractivity contribution in [2.24, 2.45) is 0 Å². The molecule has 3 nitrogen and oxygen atoms in total. The maximum Gasteiger partial charge on any atom is 0.270 e. The molecule has 2 aromatic rings. The smallest absolute Gasteiger partial charge is 0.270 e. The number of nitrogens with zero attached hydrogens (tertiary/aromatic N) is 1. The lowest BCUT2D eigenvalue weighted by Crippen LogP contribution is -2.27. The maximum atomic E-state index is 11.9. The van der Waals surface area contributed by atoms with Gasteiger partial charge in [0.15, 0.2) is 0 Å². The lowest BCUT2D eigenvalue weighted by atomic mass is 10.1. The summed E-state index contributed by atoms with van der Waals surface area (Å²) >= 11 is 3.38. The average Bonchev–Trinajstić information content (AvgIpc) is 2.40. The molecule has 4 heteroatoms. The molecule has 0 bridgehead atoms. The summed E-state index contributed by atoms with van der Waals surface area (Å²) in [7, 11) is 0. The Morgan fingerprint density at radius 2 is 1.94 bits per heavy atom. The first kappa shape index (κ1) is 12.8. The lowest BCUT2D eigenvalue weighted by Gasteiger charge is -2.14. The molecule has 1 aromatic carbocycles. The summed E-state index contributed by atoms with van der Waals surface area (Å²) in [6, 6.07) is 13.1. The molecular formula is C14H13BrN2O. The van der Waals surface area contributed by atoms with E-state index in [-0.39, 0.29) is 11.9 Å². The van der Waals surface area contributed by atoms with Gasteiger partial charge in [-0.3, -0.25) is 9.78 Å². The van der Waals surface area contributed by atoms with Crippen LogP contribution in [-0.2, 0) is 0 Å². The lowest BCUT2D eigenvalue weighted by molar-refractivity contribution is 0.0935. The van der Waals surface area contributed by atoms with Crippen LogP contribution in [-0.4, -0.2) is 10.9 Å². The van der Waals surface area contributed by atoms with Crippen molar-refractivity contribution < 1.29 is 4.79 Å². The Balaban J connectivity index is 2.06. The number of hydrogen-bond donors (Lipinski definition) is 1. The van der Waals surface area contributed by atoms with Gasteiger partial charge in [-0.2, -0.15) is 0 Å². The van der Waals surface area contributed by atoms with Crippen molar-refractivity contribution in [2.45, 2.75) is 13.0 Å². The highest BCUT2D eigenvalue weighted by molar-refractivity contribution is 9.10. The zero-order valence-corrected chi connectivity index (χ0v) is 11.5. The van der Waals surface area contributed by atoms with Crippen molar-refractivity contribution in [1.29, 1.82) is 0 Å². The summed E-state index contributed by atoms with van der Waals surface area (Å²) in [6.45, 7) is 1.95. The molecule has 18 heavy (non-hydrogen) atoms. The summed E-state index contributed by atoms with van der Waals surface area (Å²) in [5, 5.41) is 2.92. The minimum absolute atomic E-state index is 0.0485. The third-order valence-electron chi connectivity index (χ3n) is 2.62. The number of carbonyl (C=O) groups excluding carboxylic acids is 1. The summed E-state index contributed by atoms with van der Waals surface area (Å²) < 4.78 is 1.02. The molecule has 0 fully saturated rings. The third-order valence-corrected chi connectivity index (χ3v) is 3.14. The van der Waals surface area contributed by atoms with Crippen molar-refractivity contribution in [2.75, 3.05) is 0 Å². The second-order valence-electron chi connectivity index (χ2n) is 3.96. The van der Waals surface area contributed by atoms with Crippen LogP contribution in [0.1, 0.15) is 29.0 Å². The van der Waals surface area contributed by atoms with Gasteiger partial charge in [0, 0.05) is 10.7 Å². The molecule has 1 heterocycles. The standard InChI is InChI=1S/C14H13BrN2O/c1-10(11-5-7-12(15)8-6-11)17-14(18)13-4-2-3-9-16-13/h2-10H,1H3,(H,17,18)/t10-/m0/s1. The first-order valence-corrected chi connectivity index (χ1v) is 6.43. The van der Waals surface area contributed by atoms with Crippen molar-refractivity contribution >= 4 is 21.8 Å². The van der Waals surface area contributed by atoms with E-state index in [1.54, 1.807) is 24.4 Å². The fourth-order valence-electron chi connectivity index (χ4n) is 1.60. The van der Waals surface area contributed by atoms with Gasteiger partial charge in [-0.05, 0) is 36.8 Å². The van der Waals surface area contributed by atoms with Gasteiger partial charge >= 0.3 is 0 Å². The number of amides is 1. The zero-order chi connectivity index (χ0) is 13.0. The van der Waals surface area contributed by atoms with Gasteiger partial charge in [-0.15, -0.1) is 0 Å². The number of rotatable bonds is 3. The maximum absolute atomic E-state index is 11.9. The Kier molecular flexibility index (Phi) is 4.10. The summed E-state index contributed by atoms with van der Waals surface area (Å²) in [5.74, 6) is -0.161. The molecule has 0 aliphatic heterocycles. The second kappa shape index (κ2) is 5.78. The van der Waals surface area contributed by atoms with Gasteiger partial charge in [0.25, 0.3) is 5.91 Å². The molecule has 1 aromatic heterocycles. The molecule has 92 valence electrons. The fourth-order valence-corrected chi connectivity index (χ4v) is 1.87. The van der Waals surface area contributed by atoms with E-state index in [1.165, 1.54) is 0 Å². The van der Waals surface area contributed by atoms with Crippen LogP contribution in [0.2, 0.25) is 0 Å². The minimum Gasteiger partial charge on any atom is -0.344 e. The summed E-state index contributed by atoms with van der Waals surface area (Å²) in [6.07, 6.45) is 1.61. The predicted octanol–water partition coefficient (Wildman–Crippen LogP) is 3.34. The van der Waals surface area contributed by atoms with Crippen molar-refractivity contribution in [1.82, 2.24) is 10.3 Å². The SMILES string of the molecule is C[C@H](NC(=O)c1ccccn1)c1ccc(Br)cc1. The van der Waals surface area contributed by atoms with E-state index in [1.807, 2.05) is 31.2 Å². The second-order valence-corrected chi connectivity index (χ2v) is 4.88. The van der Waals surface area contributed by atoms with Gasteiger partial charge < -0.3 is 5.32 Å². The molecule has 0 aliphatic carbocycles. The predicted molar refractivity (Wildman–Crippen MR) is 74.3 cm³/mol. The Hall–Kier alpha value is -1.68. The van der Waals surface area contributed by atoms with E-state index in [4.69, 9.17) is 0 Å². The van der Waals surface area contributed by atoms with E-state index >= 15 is 0 Å². The molecular weight excluding hydrogens is 292 g/mol. The normalized spacial score (nSPS) is 11.9. The molecule has 0 saturated carbocycles. The molecule has 0 unspecified atom stereocenters. The van der Waals surface area contributed by atoms with Crippen LogP contribution >= 0.6 is 15.9 Å². The van der Waals surface area contributed by atoms with E-state index in [0.29, 0.717) is 5.69 Å². The highest BCUT2D eigenvalue weighted by Crippen LogP contribution is 2.16.